The summed E-state index contributed by atoms with van der Waals surface area (Å²) in [5, 5.41) is 0. The molecule has 4 heteroatoms. The molecule has 0 saturated carbocycles. The molecular weight excluding hydrogens is 250 g/mol. The minimum absolute atomic E-state index is 0.00879. The topological polar surface area (TPSA) is 53.1 Å². The van der Waals surface area contributed by atoms with Crippen molar-refractivity contribution in [1.82, 2.24) is 9.55 Å². The summed E-state index contributed by atoms with van der Waals surface area (Å²) in [7, 11) is 0. The molecule has 0 radical (unpaired) electrons. The lowest BCUT2D eigenvalue weighted by Crippen LogP contribution is -2.16. The molecule has 110 valence electrons. The molecule has 1 aromatic carbocycles. The van der Waals surface area contributed by atoms with Gasteiger partial charge in [-0.3, -0.25) is 0 Å². The maximum absolute atomic E-state index is 6.28. The quantitative estimate of drug-likeness (QED) is 0.839. The molecule has 0 bridgehead atoms. The summed E-state index contributed by atoms with van der Waals surface area (Å²) < 4.78 is 7.81. The SMILES string of the molecule is CCCC(N)c1nc2cc(OCC)ccc2n1CCC. The van der Waals surface area contributed by atoms with E-state index in [1.54, 1.807) is 0 Å². The van der Waals surface area contributed by atoms with Crippen LogP contribution in [-0.4, -0.2) is 16.2 Å². The molecule has 0 spiro atoms. The number of rotatable bonds is 7. The van der Waals surface area contributed by atoms with Crippen molar-refractivity contribution in [3.63, 3.8) is 0 Å². The summed E-state index contributed by atoms with van der Waals surface area (Å²) in [5.41, 5.74) is 8.41. The lowest BCUT2D eigenvalue weighted by Gasteiger charge is -2.13. The molecule has 1 unspecified atom stereocenters. The average molecular weight is 275 g/mol. The molecular formula is C16H25N3O. The van der Waals surface area contributed by atoms with E-state index in [9.17, 15) is 0 Å². The van der Waals surface area contributed by atoms with Gasteiger partial charge in [0.25, 0.3) is 0 Å². The molecule has 1 heterocycles. The van der Waals surface area contributed by atoms with Crippen molar-refractivity contribution in [2.45, 2.75) is 52.6 Å². The number of nitrogens with zero attached hydrogens (tertiary/aromatic N) is 2. The molecule has 4 nitrogen and oxygen atoms in total. The Bertz CT molecular complexity index is 562. The number of benzene rings is 1. The van der Waals surface area contributed by atoms with E-state index in [2.05, 4.69) is 24.5 Å². The fourth-order valence-electron chi connectivity index (χ4n) is 2.57. The van der Waals surface area contributed by atoms with Crippen molar-refractivity contribution >= 4 is 11.0 Å². The zero-order valence-corrected chi connectivity index (χ0v) is 12.7. The molecule has 1 aromatic heterocycles. The van der Waals surface area contributed by atoms with Gasteiger partial charge in [0.2, 0.25) is 0 Å². The highest BCUT2D eigenvalue weighted by molar-refractivity contribution is 5.78. The second-order valence-electron chi connectivity index (χ2n) is 5.10. The number of aromatic nitrogens is 2. The smallest absolute Gasteiger partial charge is 0.126 e. The Morgan fingerprint density at radius 3 is 2.70 bits per heavy atom. The molecule has 0 fully saturated rings. The number of aryl methyl sites for hydroxylation is 1. The summed E-state index contributed by atoms with van der Waals surface area (Å²) in [6.45, 7) is 7.94. The van der Waals surface area contributed by atoms with Crippen molar-refractivity contribution in [3.8, 4) is 5.75 Å². The number of fused-ring (bicyclic) bond motifs is 1. The van der Waals surface area contributed by atoms with E-state index >= 15 is 0 Å². The highest BCUT2D eigenvalue weighted by atomic mass is 16.5. The number of nitrogens with two attached hydrogens (primary N) is 1. The van der Waals surface area contributed by atoms with Crippen LogP contribution in [0, 0.1) is 0 Å². The normalized spacial score (nSPS) is 12.8. The number of hydrogen-bond acceptors (Lipinski definition) is 3. The second kappa shape index (κ2) is 6.75. The van der Waals surface area contributed by atoms with E-state index in [4.69, 9.17) is 15.5 Å². The van der Waals surface area contributed by atoms with Gasteiger partial charge in [0.15, 0.2) is 0 Å². The molecule has 20 heavy (non-hydrogen) atoms. The van der Waals surface area contributed by atoms with Gasteiger partial charge in [-0.05, 0) is 31.9 Å². The Morgan fingerprint density at radius 2 is 2.05 bits per heavy atom. The maximum Gasteiger partial charge on any atom is 0.126 e. The molecule has 1 atom stereocenters. The lowest BCUT2D eigenvalue weighted by molar-refractivity contribution is 0.340. The van der Waals surface area contributed by atoms with E-state index in [1.165, 1.54) is 0 Å². The van der Waals surface area contributed by atoms with Gasteiger partial charge in [0.05, 0.1) is 23.7 Å². The van der Waals surface area contributed by atoms with Crippen molar-refractivity contribution < 1.29 is 4.74 Å². The van der Waals surface area contributed by atoms with E-state index < -0.39 is 0 Å². The molecule has 0 aliphatic carbocycles. The van der Waals surface area contributed by atoms with E-state index in [0.717, 1.165) is 48.4 Å². The van der Waals surface area contributed by atoms with E-state index in [1.807, 2.05) is 19.1 Å². The zero-order chi connectivity index (χ0) is 14.5. The molecule has 0 saturated heterocycles. The monoisotopic (exact) mass is 275 g/mol. The first-order chi connectivity index (χ1) is 9.71. The van der Waals surface area contributed by atoms with E-state index in [-0.39, 0.29) is 6.04 Å². The Labute approximate surface area is 120 Å². The fourth-order valence-corrected chi connectivity index (χ4v) is 2.57. The maximum atomic E-state index is 6.28. The van der Waals surface area contributed by atoms with Crippen LogP contribution in [0.1, 0.15) is 51.9 Å². The summed E-state index contributed by atoms with van der Waals surface area (Å²) in [4.78, 5) is 4.75. The standard InChI is InChI=1S/C16H25N3O/c1-4-7-13(17)16-18-14-11-12(20-6-3)8-9-15(14)19(16)10-5-2/h8-9,11,13H,4-7,10,17H2,1-3H3. The third-order valence-corrected chi connectivity index (χ3v) is 3.44. The Kier molecular flexibility index (Phi) is 5.01. The highest BCUT2D eigenvalue weighted by Crippen LogP contribution is 2.26. The van der Waals surface area contributed by atoms with Crippen LogP contribution in [-0.2, 0) is 6.54 Å². The molecule has 2 aromatic rings. The Morgan fingerprint density at radius 1 is 1.25 bits per heavy atom. The molecule has 0 aliphatic heterocycles. The number of imidazole rings is 1. The first-order valence-electron chi connectivity index (χ1n) is 7.59. The van der Waals surface area contributed by atoms with Gasteiger partial charge in [-0.1, -0.05) is 20.3 Å². The summed E-state index contributed by atoms with van der Waals surface area (Å²) >= 11 is 0. The predicted octanol–water partition coefficient (Wildman–Crippen LogP) is 3.64. The molecule has 0 amide bonds. The van der Waals surface area contributed by atoms with Crippen LogP contribution in [0.25, 0.3) is 11.0 Å². The van der Waals surface area contributed by atoms with Gasteiger partial charge >= 0.3 is 0 Å². The lowest BCUT2D eigenvalue weighted by atomic mass is 10.1. The number of hydrogen-bond donors (Lipinski definition) is 1. The third kappa shape index (κ3) is 2.96. The van der Waals surface area contributed by atoms with Crippen LogP contribution in [0.4, 0.5) is 0 Å². The van der Waals surface area contributed by atoms with Crippen LogP contribution in [0.2, 0.25) is 0 Å². The summed E-state index contributed by atoms with van der Waals surface area (Å²) in [5.74, 6) is 1.87. The first-order valence-corrected chi connectivity index (χ1v) is 7.59. The minimum atomic E-state index is 0.00879. The van der Waals surface area contributed by atoms with Gasteiger partial charge < -0.3 is 15.0 Å². The van der Waals surface area contributed by atoms with Gasteiger partial charge in [-0.2, -0.15) is 0 Å². The third-order valence-electron chi connectivity index (χ3n) is 3.44. The van der Waals surface area contributed by atoms with Crippen molar-refractivity contribution in [2.75, 3.05) is 6.61 Å². The highest BCUT2D eigenvalue weighted by Gasteiger charge is 2.16. The van der Waals surface area contributed by atoms with Crippen LogP contribution in [0.15, 0.2) is 18.2 Å². The first kappa shape index (κ1) is 14.9. The number of ether oxygens (including phenoxy) is 1. The van der Waals surface area contributed by atoms with E-state index in [0.29, 0.717) is 6.61 Å². The van der Waals surface area contributed by atoms with Gasteiger partial charge in [0.1, 0.15) is 11.6 Å². The van der Waals surface area contributed by atoms with Crippen molar-refractivity contribution in [3.05, 3.63) is 24.0 Å². The Balaban J connectivity index is 2.47. The van der Waals surface area contributed by atoms with Gasteiger partial charge in [0, 0.05) is 12.6 Å². The molecule has 2 N–H and O–H groups in total. The van der Waals surface area contributed by atoms with Crippen molar-refractivity contribution in [1.29, 1.82) is 0 Å². The molecule has 0 aliphatic rings. The second-order valence-corrected chi connectivity index (χ2v) is 5.10. The fraction of sp³-hybridized carbons (Fsp3) is 0.562. The van der Waals surface area contributed by atoms with Crippen molar-refractivity contribution in [2.24, 2.45) is 5.73 Å². The largest absolute Gasteiger partial charge is 0.494 e. The summed E-state index contributed by atoms with van der Waals surface area (Å²) in [6.07, 6.45) is 3.11. The molecule has 2 rings (SSSR count). The van der Waals surface area contributed by atoms with Crippen LogP contribution < -0.4 is 10.5 Å². The van der Waals surface area contributed by atoms with Gasteiger partial charge in [-0.15, -0.1) is 0 Å². The average Bonchev–Trinajstić information content (AvgIpc) is 2.78. The van der Waals surface area contributed by atoms with Gasteiger partial charge in [-0.25, -0.2) is 4.98 Å². The minimum Gasteiger partial charge on any atom is -0.494 e. The van der Waals surface area contributed by atoms with Crippen LogP contribution >= 0.6 is 0 Å². The summed E-state index contributed by atoms with van der Waals surface area (Å²) in [6, 6.07) is 6.11. The van der Waals surface area contributed by atoms with Crippen LogP contribution in [0.3, 0.4) is 0 Å². The Hall–Kier alpha value is -1.55. The zero-order valence-electron chi connectivity index (χ0n) is 12.7. The predicted molar refractivity (Wildman–Crippen MR) is 83.0 cm³/mol. The van der Waals surface area contributed by atoms with Crippen LogP contribution in [0.5, 0.6) is 5.75 Å².